The summed E-state index contributed by atoms with van der Waals surface area (Å²) in [4.78, 5) is 32.4. The maximum atomic E-state index is 13.1. The van der Waals surface area contributed by atoms with E-state index in [1.54, 1.807) is 0 Å². The second-order valence-electron chi connectivity index (χ2n) is 8.09. The number of nitrogens with one attached hydrogen (secondary N) is 2. The van der Waals surface area contributed by atoms with E-state index in [0.717, 1.165) is 26.6 Å². The fourth-order valence-electron chi connectivity index (χ4n) is 3.66. The highest BCUT2D eigenvalue weighted by Crippen LogP contribution is 2.32. The van der Waals surface area contributed by atoms with Gasteiger partial charge in [-0.15, -0.1) is 23.1 Å². The van der Waals surface area contributed by atoms with E-state index >= 15 is 0 Å². The molecular formula is C28H27N3O2S2. The van der Waals surface area contributed by atoms with E-state index in [9.17, 15) is 9.59 Å². The molecule has 0 fully saturated rings. The van der Waals surface area contributed by atoms with Crippen molar-refractivity contribution in [3.8, 4) is 11.3 Å². The average Bonchev–Trinajstić information content (AvgIpc) is 3.23. The highest BCUT2D eigenvalue weighted by atomic mass is 32.2. The summed E-state index contributed by atoms with van der Waals surface area (Å²) < 4.78 is 0. The van der Waals surface area contributed by atoms with Crippen LogP contribution in [0.4, 0.5) is 10.8 Å². The van der Waals surface area contributed by atoms with Crippen molar-refractivity contribution in [3.05, 3.63) is 94.9 Å². The molecule has 4 aromatic rings. The topological polar surface area (TPSA) is 71.1 Å². The van der Waals surface area contributed by atoms with Crippen molar-refractivity contribution in [2.24, 2.45) is 0 Å². The summed E-state index contributed by atoms with van der Waals surface area (Å²) in [6.45, 7) is 5.92. The third-order valence-electron chi connectivity index (χ3n) is 5.50. The van der Waals surface area contributed by atoms with Crippen molar-refractivity contribution in [3.63, 3.8) is 0 Å². The number of hydrogen-bond acceptors (Lipinski definition) is 5. The zero-order chi connectivity index (χ0) is 24.8. The van der Waals surface area contributed by atoms with Crippen LogP contribution >= 0.6 is 23.1 Å². The third kappa shape index (κ3) is 6.18. The van der Waals surface area contributed by atoms with Crippen molar-refractivity contribution in [2.45, 2.75) is 37.3 Å². The van der Waals surface area contributed by atoms with Gasteiger partial charge >= 0.3 is 0 Å². The molecule has 1 aromatic heterocycles. The molecule has 1 unspecified atom stereocenters. The number of nitrogens with zero attached hydrogens (tertiary/aromatic N) is 1. The van der Waals surface area contributed by atoms with E-state index in [0.29, 0.717) is 22.8 Å². The average molecular weight is 502 g/mol. The number of rotatable bonds is 8. The van der Waals surface area contributed by atoms with Crippen molar-refractivity contribution in [1.82, 2.24) is 4.98 Å². The maximum Gasteiger partial charge on any atom is 0.255 e. The van der Waals surface area contributed by atoms with Crippen LogP contribution in [0.25, 0.3) is 11.3 Å². The van der Waals surface area contributed by atoms with Gasteiger partial charge in [-0.05, 0) is 50.1 Å². The monoisotopic (exact) mass is 501 g/mol. The fourth-order valence-corrected chi connectivity index (χ4v) is 5.51. The largest absolute Gasteiger partial charge is 0.322 e. The summed E-state index contributed by atoms with van der Waals surface area (Å²) in [6, 6.07) is 25.0. The van der Waals surface area contributed by atoms with Crippen LogP contribution in [0.2, 0.25) is 0 Å². The molecule has 3 aromatic carbocycles. The molecule has 2 N–H and O–H groups in total. The Kier molecular flexibility index (Phi) is 8.00. The van der Waals surface area contributed by atoms with Crippen molar-refractivity contribution in [1.29, 1.82) is 0 Å². The fraction of sp³-hybridized carbons (Fsp3) is 0.179. The molecule has 0 spiro atoms. The second-order valence-corrected chi connectivity index (χ2v) is 10.6. The highest BCUT2D eigenvalue weighted by molar-refractivity contribution is 8.00. The normalized spacial score (nSPS) is 11.6. The molecular weight excluding hydrogens is 474 g/mol. The van der Waals surface area contributed by atoms with Gasteiger partial charge in [-0.3, -0.25) is 9.59 Å². The number of carbonyl (C=O) groups excluding carboxylic acids is 2. The molecule has 4 rings (SSSR count). The van der Waals surface area contributed by atoms with Crippen LogP contribution in [0.5, 0.6) is 0 Å². The van der Waals surface area contributed by atoms with Crippen LogP contribution in [-0.2, 0) is 4.79 Å². The van der Waals surface area contributed by atoms with Gasteiger partial charge < -0.3 is 10.6 Å². The van der Waals surface area contributed by atoms with Gasteiger partial charge in [0.25, 0.3) is 5.91 Å². The van der Waals surface area contributed by atoms with Crippen LogP contribution in [0, 0.1) is 13.8 Å². The Morgan fingerprint density at radius 3 is 2.43 bits per heavy atom. The second kappa shape index (κ2) is 11.3. The summed E-state index contributed by atoms with van der Waals surface area (Å²) in [5, 5.41) is 6.27. The first-order chi connectivity index (χ1) is 16.9. The van der Waals surface area contributed by atoms with Gasteiger partial charge in [0, 0.05) is 26.6 Å². The molecule has 1 atom stereocenters. The summed E-state index contributed by atoms with van der Waals surface area (Å²) in [5.41, 5.74) is 4.19. The van der Waals surface area contributed by atoms with Crippen molar-refractivity contribution in [2.75, 3.05) is 10.6 Å². The van der Waals surface area contributed by atoms with Gasteiger partial charge in [-0.1, -0.05) is 61.5 Å². The van der Waals surface area contributed by atoms with Crippen molar-refractivity contribution < 1.29 is 9.59 Å². The predicted molar refractivity (Wildman–Crippen MR) is 146 cm³/mol. The minimum Gasteiger partial charge on any atom is -0.322 e. The molecule has 0 aliphatic carbocycles. The van der Waals surface area contributed by atoms with E-state index in [2.05, 4.69) is 15.6 Å². The minimum absolute atomic E-state index is 0.0831. The Morgan fingerprint density at radius 1 is 0.943 bits per heavy atom. The first kappa shape index (κ1) is 24.7. The molecule has 2 amide bonds. The number of amides is 2. The smallest absolute Gasteiger partial charge is 0.255 e. The number of thioether (sulfide) groups is 1. The van der Waals surface area contributed by atoms with Crippen LogP contribution in [0.1, 0.15) is 34.1 Å². The van der Waals surface area contributed by atoms with Gasteiger partial charge in [0.1, 0.15) is 0 Å². The lowest BCUT2D eigenvalue weighted by Gasteiger charge is -2.14. The van der Waals surface area contributed by atoms with Gasteiger partial charge in [-0.2, -0.15) is 0 Å². The summed E-state index contributed by atoms with van der Waals surface area (Å²) >= 11 is 2.96. The molecule has 0 saturated carbocycles. The predicted octanol–water partition coefficient (Wildman–Crippen LogP) is 7.19. The molecule has 0 aliphatic rings. The molecule has 5 nitrogen and oxygen atoms in total. The molecule has 35 heavy (non-hydrogen) atoms. The zero-order valence-corrected chi connectivity index (χ0v) is 21.5. The first-order valence-corrected chi connectivity index (χ1v) is 13.1. The summed E-state index contributed by atoms with van der Waals surface area (Å²) in [7, 11) is 0. The number of benzene rings is 3. The zero-order valence-electron chi connectivity index (χ0n) is 19.9. The summed E-state index contributed by atoms with van der Waals surface area (Å²) in [6.07, 6.45) is 0.659. The lowest BCUT2D eigenvalue weighted by Crippen LogP contribution is -2.24. The SMILES string of the molecule is CCC(Sc1cccc(NC(=O)c2ccccc2C)c1)C(=O)Nc1nc(-c2ccccc2)c(C)s1. The lowest BCUT2D eigenvalue weighted by atomic mass is 10.1. The van der Waals surface area contributed by atoms with E-state index in [-0.39, 0.29) is 17.1 Å². The number of carbonyl (C=O) groups is 2. The Balaban J connectivity index is 1.43. The third-order valence-corrected chi connectivity index (χ3v) is 7.74. The Labute approximate surface area is 214 Å². The lowest BCUT2D eigenvalue weighted by molar-refractivity contribution is -0.115. The number of anilines is 2. The quantitative estimate of drug-likeness (QED) is 0.251. The highest BCUT2D eigenvalue weighted by Gasteiger charge is 2.21. The van der Waals surface area contributed by atoms with Crippen molar-refractivity contribution >= 4 is 45.7 Å². The Hall–Kier alpha value is -3.42. The van der Waals surface area contributed by atoms with E-state index in [4.69, 9.17) is 0 Å². The summed E-state index contributed by atoms with van der Waals surface area (Å²) in [5.74, 6) is -0.233. The van der Waals surface area contributed by atoms with E-state index < -0.39 is 0 Å². The van der Waals surface area contributed by atoms with E-state index in [1.165, 1.54) is 23.1 Å². The van der Waals surface area contributed by atoms with Crippen LogP contribution in [0.3, 0.4) is 0 Å². The maximum absolute atomic E-state index is 13.1. The van der Waals surface area contributed by atoms with Gasteiger partial charge in [-0.25, -0.2) is 4.98 Å². The molecule has 0 radical (unpaired) electrons. The van der Waals surface area contributed by atoms with Crippen LogP contribution in [-0.4, -0.2) is 22.0 Å². The Morgan fingerprint density at radius 2 is 1.69 bits per heavy atom. The number of thiazole rings is 1. The molecule has 0 saturated heterocycles. The Bertz CT molecular complexity index is 1340. The molecule has 0 bridgehead atoms. The number of aryl methyl sites for hydroxylation is 2. The van der Waals surface area contributed by atoms with Gasteiger partial charge in [0.2, 0.25) is 5.91 Å². The molecule has 7 heteroatoms. The number of hydrogen-bond donors (Lipinski definition) is 2. The molecule has 0 aliphatic heterocycles. The minimum atomic E-state index is -0.290. The van der Waals surface area contributed by atoms with Crippen LogP contribution in [0.15, 0.2) is 83.8 Å². The first-order valence-electron chi connectivity index (χ1n) is 11.4. The van der Waals surface area contributed by atoms with Crippen LogP contribution < -0.4 is 10.6 Å². The van der Waals surface area contributed by atoms with Gasteiger partial charge in [0.05, 0.1) is 10.9 Å². The van der Waals surface area contributed by atoms with E-state index in [1.807, 2.05) is 99.6 Å². The van der Waals surface area contributed by atoms with Gasteiger partial charge in [0.15, 0.2) is 5.13 Å². The molecule has 178 valence electrons. The molecule has 1 heterocycles. The standard InChI is InChI=1S/C28H27N3O2S2/c1-4-24(27(33)31-28-30-25(19(3)34-28)20-12-6-5-7-13-20)35-22-15-10-14-21(17-22)29-26(32)23-16-9-8-11-18(23)2/h5-17,24H,4H2,1-3H3,(H,29,32)(H,30,31,33). The number of aromatic nitrogens is 1.